The normalized spacial score (nSPS) is 13.5. The minimum Gasteiger partial charge on any atom is -0.360 e. The molecule has 132 valence electrons. The van der Waals surface area contributed by atoms with Crippen molar-refractivity contribution in [2.45, 2.75) is 18.8 Å². The Balaban J connectivity index is 1.39. The van der Waals surface area contributed by atoms with Crippen LogP contribution in [0.25, 0.3) is 10.9 Å². The zero-order chi connectivity index (χ0) is 18.1. The van der Waals surface area contributed by atoms with E-state index >= 15 is 0 Å². The predicted molar refractivity (Wildman–Crippen MR) is 99.6 cm³/mol. The number of hydrogen-bond acceptors (Lipinski definition) is 5. The van der Waals surface area contributed by atoms with Gasteiger partial charge < -0.3 is 15.6 Å². The smallest absolute Gasteiger partial charge is 0.257 e. The first-order valence-electron chi connectivity index (χ1n) is 8.26. The number of carbonyl (C=O) groups excluding carboxylic acids is 2. The van der Waals surface area contributed by atoms with Crippen LogP contribution in [0.4, 0.5) is 5.13 Å². The lowest BCUT2D eigenvalue weighted by Crippen LogP contribution is -2.35. The molecule has 1 aliphatic carbocycles. The maximum Gasteiger partial charge on any atom is 0.257 e. The molecule has 3 aromatic rings. The van der Waals surface area contributed by atoms with Gasteiger partial charge in [-0.25, -0.2) is 4.98 Å². The van der Waals surface area contributed by atoms with E-state index in [0.717, 1.165) is 18.5 Å². The molecule has 1 aromatic carbocycles. The molecule has 2 aromatic heterocycles. The number of rotatable bonds is 5. The van der Waals surface area contributed by atoms with Gasteiger partial charge in [0.1, 0.15) is 5.56 Å². The Hall–Kier alpha value is -3.00. The van der Waals surface area contributed by atoms with E-state index in [2.05, 4.69) is 20.6 Å². The van der Waals surface area contributed by atoms with Crippen LogP contribution in [0, 0.1) is 0 Å². The van der Waals surface area contributed by atoms with Gasteiger partial charge in [-0.1, -0.05) is 12.1 Å². The highest BCUT2D eigenvalue weighted by Gasteiger charge is 2.26. The van der Waals surface area contributed by atoms with Crippen molar-refractivity contribution in [1.29, 1.82) is 0 Å². The van der Waals surface area contributed by atoms with Gasteiger partial charge >= 0.3 is 0 Å². The maximum atomic E-state index is 12.4. The molecule has 3 N–H and O–H groups in total. The average molecular weight is 368 g/mol. The molecule has 4 rings (SSSR count). The summed E-state index contributed by atoms with van der Waals surface area (Å²) < 4.78 is 0. The van der Waals surface area contributed by atoms with Gasteiger partial charge in [0.05, 0.1) is 12.2 Å². The summed E-state index contributed by atoms with van der Waals surface area (Å²) in [4.78, 5) is 43.9. The van der Waals surface area contributed by atoms with Crippen molar-refractivity contribution in [3.8, 4) is 0 Å². The number of aromatic amines is 1. The van der Waals surface area contributed by atoms with Crippen LogP contribution < -0.4 is 16.1 Å². The third-order valence-corrected chi connectivity index (χ3v) is 4.98. The summed E-state index contributed by atoms with van der Waals surface area (Å²) in [7, 11) is 0. The van der Waals surface area contributed by atoms with E-state index in [1.165, 1.54) is 17.5 Å². The van der Waals surface area contributed by atoms with Gasteiger partial charge in [-0.2, -0.15) is 0 Å². The Morgan fingerprint density at radius 1 is 1.27 bits per heavy atom. The molecule has 0 saturated heterocycles. The number of hydrogen-bond donors (Lipinski definition) is 3. The van der Waals surface area contributed by atoms with Crippen molar-refractivity contribution in [2.24, 2.45) is 0 Å². The fourth-order valence-corrected chi connectivity index (χ4v) is 3.47. The molecule has 0 radical (unpaired) electrons. The van der Waals surface area contributed by atoms with Crippen molar-refractivity contribution in [3.05, 3.63) is 57.3 Å². The first kappa shape index (κ1) is 16.5. The van der Waals surface area contributed by atoms with Crippen LogP contribution >= 0.6 is 11.3 Å². The Labute approximate surface area is 152 Å². The monoisotopic (exact) mass is 368 g/mol. The molecule has 0 unspecified atom stereocenters. The lowest BCUT2D eigenvalue weighted by atomic mass is 10.1. The SMILES string of the molecule is O=C(CNC(=O)c1c[nH]c2ccccc2c1=O)Nc1nc(C2CC2)cs1. The summed E-state index contributed by atoms with van der Waals surface area (Å²) >= 11 is 1.37. The third kappa shape index (κ3) is 3.36. The number of para-hydroxylation sites is 1. The standard InChI is InChI=1S/C18H16N4O3S/c23-15(22-18-21-14(9-26-18)10-5-6-10)8-20-17(25)12-7-19-13-4-2-1-3-11(13)16(12)24/h1-4,7,9-10H,5-6,8H2,(H,19,24)(H,20,25)(H,21,22,23). The summed E-state index contributed by atoms with van der Waals surface area (Å²) in [6.07, 6.45) is 3.65. The number of carbonyl (C=O) groups is 2. The number of H-pyrrole nitrogens is 1. The number of anilines is 1. The fourth-order valence-electron chi connectivity index (χ4n) is 2.67. The van der Waals surface area contributed by atoms with Gasteiger partial charge in [0.2, 0.25) is 11.3 Å². The molecular formula is C18H16N4O3S. The largest absolute Gasteiger partial charge is 0.360 e. The molecule has 8 heteroatoms. The van der Waals surface area contributed by atoms with Crippen LogP contribution in [0.2, 0.25) is 0 Å². The Morgan fingerprint density at radius 3 is 2.88 bits per heavy atom. The van der Waals surface area contributed by atoms with Gasteiger partial charge in [-0.05, 0) is 25.0 Å². The van der Waals surface area contributed by atoms with Crippen LogP contribution in [-0.4, -0.2) is 28.3 Å². The van der Waals surface area contributed by atoms with Crippen molar-refractivity contribution in [1.82, 2.24) is 15.3 Å². The van der Waals surface area contributed by atoms with E-state index in [9.17, 15) is 14.4 Å². The molecule has 1 aliphatic rings. The molecular weight excluding hydrogens is 352 g/mol. The number of thiazole rings is 1. The summed E-state index contributed by atoms with van der Waals surface area (Å²) in [5.41, 5.74) is 1.27. The van der Waals surface area contributed by atoms with E-state index in [1.807, 2.05) is 5.38 Å². The molecule has 0 spiro atoms. The second-order valence-corrected chi connectivity index (χ2v) is 7.02. The number of benzene rings is 1. The van der Waals surface area contributed by atoms with E-state index in [0.29, 0.717) is 22.0 Å². The van der Waals surface area contributed by atoms with Crippen LogP contribution in [0.3, 0.4) is 0 Å². The summed E-state index contributed by atoms with van der Waals surface area (Å²) in [5.74, 6) is -0.451. The van der Waals surface area contributed by atoms with E-state index in [4.69, 9.17) is 0 Å². The molecule has 2 amide bonds. The highest BCUT2D eigenvalue weighted by molar-refractivity contribution is 7.13. The molecule has 2 heterocycles. The molecule has 7 nitrogen and oxygen atoms in total. The quantitative estimate of drug-likeness (QED) is 0.642. The van der Waals surface area contributed by atoms with Crippen molar-refractivity contribution >= 4 is 39.2 Å². The average Bonchev–Trinajstić information content (AvgIpc) is 3.40. The van der Waals surface area contributed by atoms with Crippen LogP contribution in [-0.2, 0) is 4.79 Å². The number of fused-ring (bicyclic) bond motifs is 1. The summed E-state index contributed by atoms with van der Waals surface area (Å²) in [6, 6.07) is 6.94. The predicted octanol–water partition coefficient (Wildman–Crippen LogP) is 2.23. The number of aromatic nitrogens is 2. The Kier molecular flexibility index (Phi) is 4.26. The second kappa shape index (κ2) is 6.72. The Morgan fingerprint density at radius 2 is 2.08 bits per heavy atom. The zero-order valence-corrected chi connectivity index (χ0v) is 14.6. The number of nitrogens with zero attached hydrogens (tertiary/aromatic N) is 1. The number of amides is 2. The minimum atomic E-state index is -0.593. The molecule has 0 bridgehead atoms. The summed E-state index contributed by atoms with van der Waals surface area (Å²) in [5, 5.41) is 8.03. The third-order valence-electron chi connectivity index (χ3n) is 4.21. The van der Waals surface area contributed by atoms with Gasteiger partial charge in [-0.15, -0.1) is 11.3 Å². The second-order valence-electron chi connectivity index (χ2n) is 6.16. The van der Waals surface area contributed by atoms with Crippen molar-refractivity contribution in [3.63, 3.8) is 0 Å². The van der Waals surface area contributed by atoms with Gasteiger partial charge in [0.15, 0.2) is 5.13 Å². The van der Waals surface area contributed by atoms with E-state index in [-0.39, 0.29) is 23.4 Å². The molecule has 0 aliphatic heterocycles. The number of nitrogens with one attached hydrogen (secondary N) is 3. The van der Waals surface area contributed by atoms with Gasteiger partial charge in [0, 0.05) is 28.4 Å². The van der Waals surface area contributed by atoms with Crippen LogP contribution in [0.5, 0.6) is 0 Å². The molecule has 1 fully saturated rings. The number of pyridine rings is 1. The van der Waals surface area contributed by atoms with Crippen LogP contribution in [0.1, 0.15) is 34.8 Å². The first-order chi connectivity index (χ1) is 12.6. The van der Waals surface area contributed by atoms with Gasteiger partial charge in [-0.3, -0.25) is 14.4 Å². The molecule has 1 saturated carbocycles. The fraction of sp³-hybridized carbons (Fsp3) is 0.222. The van der Waals surface area contributed by atoms with Gasteiger partial charge in [0.25, 0.3) is 5.91 Å². The minimum absolute atomic E-state index is 0.0261. The first-order valence-corrected chi connectivity index (χ1v) is 9.13. The van der Waals surface area contributed by atoms with E-state index < -0.39 is 5.91 Å². The van der Waals surface area contributed by atoms with Crippen LogP contribution in [0.15, 0.2) is 40.6 Å². The van der Waals surface area contributed by atoms with E-state index in [1.54, 1.807) is 24.3 Å². The highest BCUT2D eigenvalue weighted by atomic mass is 32.1. The molecule has 0 atom stereocenters. The lowest BCUT2D eigenvalue weighted by Gasteiger charge is -2.06. The maximum absolute atomic E-state index is 12.4. The van der Waals surface area contributed by atoms with Crippen molar-refractivity contribution < 1.29 is 9.59 Å². The topological polar surface area (TPSA) is 104 Å². The Bertz CT molecular complexity index is 1050. The van der Waals surface area contributed by atoms with Crippen molar-refractivity contribution in [2.75, 3.05) is 11.9 Å². The molecule has 26 heavy (non-hydrogen) atoms. The summed E-state index contributed by atoms with van der Waals surface area (Å²) in [6.45, 7) is -0.233. The zero-order valence-electron chi connectivity index (χ0n) is 13.7. The lowest BCUT2D eigenvalue weighted by molar-refractivity contribution is -0.115. The highest BCUT2D eigenvalue weighted by Crippen LogP contribution is 2.40.